The quantitative estimate of drug-likeness (QED) is 0.733. The average Bonchev–Trinajstić information content (AvgIpc) is 3.00. The highest BCUT2D eigenvalue weighted by Crippen LogP contribution is 2.32. The van der Waals surface area contributed by atoms with Crippen molar-refractivity contribution in [1.82, 2.24) is 14.5 Å². The van der Waals surface area contributed by atoms with Gasteiger partial charge in [0.05, 0.1) is 17.8 Å². The molecule has 1 atom stereocenters. The monoisotopic (exact) mass is 339 g/mol. The van der Waals surface area contributed by atoms with Crippen LogP contribution < -0.4 is 5.56 Å². The average molecular weight is 339 g/mol. The maximum Gasteiger partial charge on any atom is 0.262 e. The van der Waals surface area contributed by atoms with Gasteiger partial charge in [-0.15, -0.1) is 11.3 Å². The fourth-order valence-electron chi connectivity index (χ4n) is 3.49. The predicted molar refractivity (Wildman–Crippen MR) is 98.8 cm³/mol. The molecule has 124 valence electrons. The third-order valence-electron chi connectivity index (χ3n) is 5.01. The molecule has 1 aliphatic rings. The minimum Gasteiger partial charge on any atom is -0.298 e. The Morgan fingerprint density at radius 2 is 2.08 bits per heavy atom. The second-order valence-electron chi connectivity index (χ2n) is 6.35. The fourth-order valence-corrected chi connectivity index (χ4v) is 4.71. The first kappa shape index (κ1) is 15.5. The molecule has 0 radical (unpaired) electrons. The molecule has 0 bridgehead atoms. The van der Waals surface area contributed by atoms with Gasteiger partial charge in [-0.05, 0) is 31.0 Å². The van der Waals surface area contributed by atoms with Gasteiger partial charge in [0.15, 0.2) is 0 Å². The van der Waals surface area contributed by atoms with Gasteiger partial charge in [-0.25, -0.2) is 4.98 Å². The SMILES string of the molecule is CCN1CCc2c(sc3ncn([C@@H](C)c4ccccc4)c(=O)c23)C1. The van der Waals surface area contributed by atoms with Crippen molar-refractivity contribution in [2.24, 2.45) is 0 Å². The van der Waals surface area contributed by atoms with Gasteiger partial charge in [0, 0.05) is 18.0 Å². The molecule has 0 spiro atoms. The molecule has 0 amide bonds. The lowest BCUT2D eigenvalue weighted by Gasteiger charge is -2.25. The van der Waals surface area contributed by atoms with Crippen LogP contribution in [0.4, 0.5) is 0 Å². The number of benzene rings is 1. The molecular weight excluding hydrogens is 318 g/mol. The number of nitrogens with zero attached hydrogens (tertiary/aromatic N) is 3. The lowest BCUT2D eigenvalue weighted by atomic mass is 10.0. The Morgan fingerprint density at radius 3 is 2.83 bits per heavy atom. The summed E-state index contributed by atoms with van der Waals surface area (Å²) in [6.07, 6.45) is 2.66. The molecule has 0 saturated carbocycles. The van der Waals surface area contributed by atoms with Crippen LogP contribution in [0.5, 0.6) is 0 Å². The number of rotatable bonds is 3. The maximum atomic E-state index is 13.1. The van der Waals surface area contributed by atoms with Gasteiger partial charge in [0.25, 0.3) is 5.56 Å². The molecule has 1 aliphatic heterocycles. The zero-order chi connectivity index (χ0) is 16.7. The normalized spacial score (nSPS) is 16.2. The number of aromatic nitrogens is 2. The number of likely N-dealkylation sites (N-methyl/N-ethyl adjacent to an activating group) is 1. The molecule has 0 saturated heterocycles. The molecule has 3 aromatic rings. The van der Waals surface area contributed by atoms with E-state index in [-0.39, 0.29) is 11.6 Å². The van der Waals surface area contributed by atoms with Crippen LogP contribution in [0.3, 0.4) is 0 Å². The molecular formula is C19H21N3OS. The summed E-state index contributed by atoms with van der Waals surface area (Å²) in [5, 5.41) is 0.844. The minimum absolute atomic E-state index is 0.0121. The smallest absolute Gasteiger partial charge is 0.262 e. The van der Waals surface area contributed by atoms with Crippen LogP contribution in [-0.4, -0.2) is 27.5 Å². The van der Waals surface area contributed by atoms with Crippen LogP contribution in [-0.2, 0) is 13.0 Å². The van der Waals surface area contributed by atoms with Crippen LogP contribution >= 0.6 is 11.3 Å². The molecule has 0 aliphatic carbocycles. The Bertz CT molecular complexity index is 929. The van der Waals surface area contributed by atoms with Gasteiger partial charge < -0.3 is 0 Å². The first-order chi connectivity index (χ1) is 11.7. The van der Waals surface area contributed by atoms with Crippen molar-refractivity contribution in [2.75, 3.05) is 13.1 Å². The van der Waals surface area contributed by atoms with Gasteiger partial charge in [-0.2, -0.15) is 0 Å². The molecule has 24 heavy (non-hydrogen) atoms. The van der Waals surface area contributed by atoms with Crippen molar-refractivity contribution in [3.8, 4) is 0 Å². The first-order valence-corrected chi connectivity index (χ1v) is 9.29. The van der Waals surface area contributed by atoms with Gasteiger partial charge in [-0.1, -0.05) is 37.3 Å². The molecule has 1 aromatic carbocycles. The zero-order valence-electron chi connectivity index (χ0n) is 14.0. The summed E-state index contributed by atoms with van der Waals surface area (Å²) in [5.41, 5.74) is 2.45. The molecule has 5 heteroatoms. The minimum atomic E-state index is -0.0121. The second-order valence-corrected chi connectivity index (χ2v) is 7.43. The summed E-state index contributed by atoms with van der Waals surface area (Å²) < 4.78 is 1.77. The summed E-state index contributed by atoms with van der Waals surface area (Å²) in [6.45, 7) is 7.27. The summed E-state index contributed by atoms with van der Waals surface area (Å²) in [7, 11) is 0. The summed E-state index contributed by atoms with van der Waals surface area (Å²) in [6, 6.07) is 10.1. The van der Waals surface area contributed by atoms with Crippen molar-refractivity contribution >= 4 is 21.6 Å². The van der Waals surface area contributed by atoms with Gasteiger partial charge >= 0.3 is 0 Å². The third kappa shape index (κ3) is 2.48. The highest BCUT2D eigenvalue weighted by molar-refractivity contribution is 7.18. The van der Waals surface area contributed by atoms with Crippen molar-refractivity contribution in [3.05, 3.63) is 63.0 Å². The van der Waals surface area contributed by atoms with E-state index in [4.69, 9.17) is 0 Å². The maximum absolute atomic E-state index is 13.1. The van der Waals surface area contributed by atoms with E-state index in [0.29, 0.717) is 0 Å². The summed E-state index contributed by atoms with van der Waals surface area (Å²) in [4.78, 5) is 22.4. The Labute approximate surface area is 145 Å². The molecule has 2 aromatic heterocycles. The Balaban J connectivity index is 1.83. The molecule has 0 fully saturated rings. The topological polar surface area (TPSA) is 38.1 Å². The Hall–Kier alpha value is -1.98. The zero-order valence-corrected chi connectivity index (χ0v) is 14.8. The summed E-state index contributed by atoms with van der Waals surface area (Å²) in [5.74, 6) is 0. The molecule has 0 unspecified atom stereocenters. The molecule has 0 N–H and O–H groups in total. The van der Waals surface area contributed by atoms with Gasteiger partial charge in [-0.3, -0.25) is 14.3 Å². The molecule has 4 rings (SSSR count). The van der Waals surface area contributed by atoms with E-state index in [9.17, 15) is 4.79 Å². The van der Waals surface area contributed by atoms with E-state index in [0.717, 1.165) is 41.8 Å². The van der Waals surface area contributed by atoms with Gasteiger partial charge in [0.1, 0.15) is 4.83 Å². The van der Waals surface area contributed by atoms with E-state index in [1.54, 1.807) is 22.2 Å². The number of hydrogen-bond donors (Lipinski definition) is 0. The highest BCUT2D eigenvalue weighted by atomic mass is 32.1. The van der Waals surface area contributed by atoms with E-state index in [1.165, 1.54) is 10.4 Å². The number of thiophene rings is 1. The highest BCUT2D eigenvalue weighted by Gasteiger charge is 2.24. The standard InChI is InChI=1S/C19H21N3OS/c1-3-21-10-9-15-16(11-21)24-18-17(15)19(23)22(12-20-18)13(2)14-7-5-4-6-8-14/h4-8,12-13H,3,9-11H2,1-2H3/t13-/m0/s1. The van der Waals surface area contributed by atoms with Gasteiger partial charge in [0.2, 0.25) is 0 Å². The largest absolute Gasteiger partial charge is 0.298 e. The van der Waals surface area contributed by atoms with Crippen molar-refractivity contribution < 1.29 is 0 Å². The predicted octanol–water partition coefficient (Wildman–Crippen LogP) is 3.45. The van der Waals surface area contributed by atoms with Crippen molar-refractivity contribution in [3.63, 3.8) is 0 Å². The first-order valence-electron chi connectivity index (χ1n) is 8.47. The Kier molecular flexibility index (Phi) is 3.98. The Morgan fingerprint density at radius 1 is 1.29 bits per heavy atom. The van der Waals surface area contributed by atoms with Crippen LogP contribution in [0.15, 0.2) is 41.5 Å². The van der Waals surface area contributed by atoms with Crippen LogP contribution in [0.1, 0.15) is 35.9 Å². The van der Waals surface area contributed by atoms with E-state index >= 15 is 0 Å². The van der Waals surface area contributed by atoms with E-state index in [2.05, 4.69) is 35.9 Å². The third-order valence-corrected chi connectivity index (χ3v) is 6.14. The van der Waals surface area contributed by atoms with E-state index in [1.807, 2.05) is 18.2 Å². The lowest BCUT2D eigenvalue weighted by molar-refractivity contribution is 0.272. The van der Waals surface area contributed by atoms with Crippen LogP contribution in [0, 0.1) is 0 Å². The van der Waals surface area contributed by atoms with Crippen molar-refractivity contribution in [2.45, 2.75) is 32.9 Å². The second kappa shape index (κ2) is 6.15. The van der Waals surface area contributed by atoms with Crippen LogP contribution in [0.2, 0.25) is 0 Å². The van der Waals surface area contributed by atoms with Crippen molar-refractivity contribution in [1.29, 1.82) is 0 Å². The fraction of sp³-hybridized carbons (Fsp3) is 0.368. The summed E-state index contributed by atoms with van der Waals surface area (Å²) >= 11 is 1.68. The lowest BCUT2D eigenvalue weighted by Crippen LogP contribution is -2.30. The molecule has 3 heterocycles. The number of fused-ring (bicyclic) bond motifs is 3. The van der Waals surface area contributed by atoms with Crippen LogP contribution in [0.25, 0.3) is 10.2 Å². The van der Waals surface area contributed by atoms with E-state index < -0.39 is 0 Å². The molecule has 4 nitrogen and oxygen atoms in total. The number of hydrogen-bond acceptors (Lipinski definition) is 4.